The van der Waals surface area contributed by atoms with Gasteiger partial charge >= 0.3 is 17.1 Å². The summed E-state index contributed by atoms with van der Waals surface area (Å²) in [7, 11) is 0. The minimum Gasteiger partial charge on any atom is -0.507 e. The van der Waals surface area contributed by atoms with E-state index < -0.39 is 17.1 Å². The molecule has 9 nitrogen and oxygen atoms in total. The summed E-state index contributed by atoms with van der Waals surface area (Å²) >= 11 is 0. The van der Waals surface area contributed by atoms with Crippen molar-refractivity contribution in [3.8, 4) is 17.2 Å². The quantitative estimate of drug-likeness (QED) is 0.196. The van der Waals surface area contributed by atoms with Crippen molar-refractivity contribution in [1.29, 1.82) is 0 Å². The number of hydrogen-bond acceptors (Lipinski definition) is 6. The minimum atomic E-state index is -0.867. The van der Waals surface area contributed by atoms with E-state index in [-0.39, 0.29) is 53.1 Å². The number of aryl methyl sites for hydroxylation is 3. The van der Waals surface area contributed by atoms with Crippen LogP contribution in [0.4, 0.5) is 0 Å². The molecule has 1 heterocycles. The van der Waals surface area contributed by atoms with Crippen LogP contribution in [0.1, 0.15) is 129 Å². The zero-order valence-corrected chi connectivity index (χ0v) is 33.3. The van der Waals surface area contributed by atoms with E-state index in [1.165, 1.54) is 0 Å². The Labute approximate surface area is 301 Å². The summed E-state index contributed by atoms with van der Waals surface area (Å²) in [6, 6.07) is 5.89. The van der Waals surface area contributed by atoms with E-state index in [1.54, 1.807) is 0 Å². The van der Waals surface area contributed by atoms with Crippen molar-refractivity contribution in [3.63, 3.8) is 0 Å². The summed E-state index contributed by atoms with van der Waals surface area (Å²) in [5, 5.41) is 34.4. The zero-order valence-electron chi connectivity index (χ0n) is 33.3. The van der Waals surface area contributed by atoms with Gasteiger partial charge in [0.05, 0.1) is 19.6 Å². The van der Waals surface area contributed by atoms with E-state index in [2.05, 4.69) is 0 Å². The number of hydrogen-bond donors (Lipinski definition) is 3. The smallest absolute Gasteiger partial charge is 0.336 e. The SMILES string of the molecule is Cc1cc(C(C)(C)C)c(C)c(O)c1Cn1c(=O)n(Cc2c(C)cc(C(C)(C)C)c(C)c2O)c(=O)n(Cc2c(C)cc(C(C)(C)C)c(C)c2O)c1=O. The molecule has 276 valence electrons. The molecular weight excluding hydrogens is 642 g/mol. The van der Waals surface area contributed by atoms with Gasteiger partial charge in [-0.2, -0.15) is 0 Å². The molecule has 9 heteroatoms. The standard InChI is InChI=1S/C42H57N3O6/c1-22-16-31(40(7,8)9)25(4)34(46)28(22)19-43-37(49)44(20-29-23(2)17-32(41(10,11)12)26(5)35(29)47)39(51)45(38(43)50)21-30-24(3)18-33(42(13,14)15)27(6)36(30)48/h16-18,46-48H,19-21H2,1-15H3. The van der Waals surface area contributed by atoms with Crippen molar-refractivity contribution in [2.75, 3.05) is 0 Å². The van der Waals surface area contributed by atoms with E-state index in [1.807, 2.05) is 122 Å². The fourth-order valence-electron chi connectivity index (χ4n) is 7.36. The first kappa shape index (κ1) is 39.3. The Morgan fingerprint density at radius 1 is 0.431 bits per heavy atom. The maximum absolute atomic E-state index is 14.3. The van der Waals surface area contributed by atoms with Gasteiger partial charge in [0.25, 0.3) is 0 Å². The first-order valence-corrected chi connectivity index (χ1v) is 17.6. The Morgan fingerprint density at radius 3 is 0.804 bits per heavy atom. The van der Waals surface area contributed by atoms with Crippen molar-refractivity contribution in [3.05, 3.63) is 116 Å². The normalized spacial score (nSPS) is 12.5. The molecular formula is C42H57N3O6. The van der Waals surface area contributed by atoms with Crippen molar-refractivity contribution in [2.24, 2.45) is 0 Å². The molecule has 1 aromatic heterocycles. The lowest BCUT2D eigenvalue weighted by Crippen LogP contribution is -2.55. The number of phenols is 3. The summed E-state index contributed by atoms with van der Waals surface area (Å²) in [6.45, 7) is 28.5. The third-order valence-corrected chi connectivity index (χ3v) is 10.4. The highest BCUT2D eigenvalue weighted by molar-refractivity contribution is 5.53. The molecule has 0 fully saturated rings. The van der Waals surface area contributed by atoms with E-state index in [9.17, 15) is 29.7 Å². The largest absolute Gasteiger partial charge is 0.507 e. The van der Waals surface area contributed by atoms with Gasteiger partial charge in [-0.3, -0.25) is 0 Å². The summed E-state index contributed by atoms with van der Waals surface area (Å²) in [5.74, 6) is -0.0436. The molecule has 0 spiro atoms. The predicted molar refractivity (Wildman–Crippen MR) is 205 cm³/mol. The lowest BCUT2D eigenvalue weighted by atomic mass is 9.81. The molecule has 0 aliphatic carbocycles. The molecule has 0 saturated heterocycles. The van der Waals surface area contributed by atoms with Gasteiger partial charge in [-0.05, 0) is 108 Å². The Kier molecular flexibility index (Phi) is 10.2. The lowest BCUT2D eigenvalue weighted by molar-refractivity contribution is 0.433. The third kappa shape index (κ3) is 7.17. The second-order valence-electron chi connectivity index (χ2n) is 17.4. The average Bonchev–Trinajstić information content (AvgIpc) is 2.99. The average molecular weight is 700 g/mol. The van der Waals surface area contributed by atoms with Gasteiger partial charge in [0, 0.05) is 16.7 Å². The van der Waals surface area contributed by atoms with Gasteiger partial charge in [0.15, 0.2) is 0 Å². The molecule has 0 bridgehead atoms. The molecule has 4 aromatic rings. The van der Waals surface area contributed by atoms with Crippen LogP contribution < -0.4 is 17.1 Å². The number of rotatable bonds is 6. The minimum absolute atomic E-state index is 0.0145. The summed E-state index contributed by atoms with van der Waals surface area (Å²) in [6.07, 6.45) is 0. The van der Waals surface area contributed by atoms with E-state index >= 15 is 0 Å². The molecule has 0 atom stereocenters. The van der Waals surface area contributed by atoms with Crippen LogP contribution in [-0.4, -0.2) is 29.0 Å². The Morgan fingerprint density at radius 2 is 0.627 bits per heavy atom. The number of benzene rings is 3. The van der Waals surface area contributed by atoms with Gasteiger partial charge in [-0.15, -0.1) is 0 Å². The summed E-state index contributed by atoms with van der Waals surface area (Å²) in [5.41, 5.74) is 4.65. The van der Waals surface area contributed by atoms with Crippen LogP contribution in [0.2, 0.25) is 0 Å². The Hall–Kier alpha value is -4.53. The van der Waals surface area contributed by atoms with E-state index in [0.717, 1.165) is 30.4 Å². The fraction of sp³-hybridized carbons (Fsp3) is 0.500. The molecule has 4 rings (SSSR count). The maximum atomic E-state index is 14.3. The van der Waals surface area contributed by atoms with Gasteiger partial charge in [0.1, 0.15) is 17.2 Å². The van der Waals surface area contributed by atoms with Crippen LogP contribution in [0.3, 0.4) is 0 Å². The van der Waals surface area contributed by atoms with Crippen molar-refractivity contribution in [1.82, 2.24) is 13.7 Å². The Balaban J connectivity index is 2.05. The maximum Gasteiger partial charge on any atom is 0.336 e. The highest BCUT2D eigenvalue weighted by Gasteiger charge is 2.27. The first-order chi connectivity index (χ1) is 23.2. The molecule has 0 aliphatic rings. The molecule has 0 unspecified atom stereocenters. The fourth-order valence-corrected chi connectivity index (χ4v) is 7.36. The van der Waals surface area contributed by atoms with Crippen LogP contribution in [0.15, 0.2) is 32.6 Å². The highest BCUT2D eigenvalue weighted by atomic mass is 16.3. The van der Waals surface area contributed by atoms with Crippen molar-refractivity contribution in [2.45, 2.75) is 140 Å². The van der Waals surface area contributed by atoms with Crippen LogP contribution in [0.5, 0.6) is 17.2 Å². The monoisotopic (exact) mass is 699 g/mol. The Bertz CT molecular complexity index is 1950. The van der Waals surface area contributed by atoms with Gasteiger partial charge in [0.2, 0.25) is 0 Å². The van der Waals surface area contributed by atoms with Crippen LogP contribution in [0.25, 0.3) is 0 Å². The van der Waals surface area contributed by atoms with Crippen LogP contribution in [0, 0.1) is 41.5 Å². The van der Waals surface area contributed by atoms with Crippen LogP contribution >= 0.6 is 0 Å². The van der Waals surface area contributed by atoms with E-state index in [0.29, 0.717) is 50.1 Å². The van der Waals surface area contributed by atoms with Crippen LogP contribution in [-0.2, 0) is 35.9 Å². The second kappa shape index (κ2) is 13.2. The lowest BCUT2D eigenvalue weighted by Gasteiger charge is -2.26. The molecule has 3 aromatic carbocycles. The second-order valence-corrected chi connectivity index (χ2v) is 17.4. The predicted octanol–water partition coefficient (Wildman–Crippen LogP) is 7.18. The summed E-state index contributed by atoms with van der Waals surface area (Å²) in [4.78, 5) is 43.0. The van der Waals surface area contributed by atoms with Crippen molar-refractivity contribution < 1.29 is 15.3 Å². The molecule has 0 radical (unpaired) electrons. The zero-order chi connectivity index (χ0) is 38.9. The molecule has 51 heavy (non-hydrogen) atoms. The molecule has 0 aliphatic heterocycles. The van der Waals surface area contributed by atoms with Gasteiger partial charge < -0.3 is 15.3 Å². The topological polar surface area (TPSA) is 127 Å². The molecule has 0 amide bonds. The van der Waals surface area contributed by atoms with E-state index in [4.69, 9.17) is 0 Å². The molecule has 0 saturated carbocycles. The number of nitrogens with zero attached hydrogens (tertiary/aromatic N) is 3. The van der Waals surface area contributed by atoms with Gasteiger partial charge in [-0.25, -0.2) is 28.1 Å². The summed E-state index contributed by atoms with van der Waals surface area (Å²) < 4.78 is 2.89. The number of phenolic OH excluding ortho intramolecular Hbond substituents is 3. The first-order valence-electron chi connectivity index (χ1n) is 17.6. The molecule has 3 N–H and O–H groups in total. The van der Waals surface area contributed by atoms with Crippen molar-refractivity contribution >= 4 is 0 Å². The highest BCUT2D eigenvalue weighted by Crippen LogP contribution is 2.38. The van der Waals surface area contributed by atoms with Gasteiger partial charge in [-0.1, -0.05) is 80.5 Å². The number of aromatic nitrogens is 3. The third-order valence-electron chi connectivity index (χ3n) is 10.4. The number of aromatic hydroxyl groups is 3.